The molecule has 0 aliphatic rings. The lowest BCUT2D eigenvalue weighted by molar-refractivity contribution is -0.114. The number of furan rings is 1. The maximum atomic E-state index is 12.0. The minimum Gasteiger partial charge on any atom is -0.496 e. The van der Waals surface area contributed by atoms with Crippen LogP contribution in [-0.4, -0.2) is 18.9 Å². The summed E-state index contributed by atoms with van der Waals surface area (Å²) >= 11 is 0. The lowest BCUT2D eigenvalue weighted by Crippen LogP contribution is -2.22. The Morgan fingerprint density at radius 2 is 1.95 bits per heavy atom. The average Bonchev–Trinajstić information content (AvgIpc) is 2.92. The Kier molecular flexibility index (Phi) is 4.61. The number of carbonyl (C=O) groups is 2. The number of nitrogens with one attached hydrogen (secondary N) is 2. The van der Waals surface area contributed by atoms with E-state index in [1.165, 1.54) is 19.1 Å². The van der Waals surface area contributed by atoms with Crippen LogP contribution in [0.3, 0.4) is 0 Å². The SMILES string of the molecule is COc1ccccc1CNC(=O)c1ccc(NC(C)=O)o1. The van der Waals surface area contributed by atoms with E-state index in [0.29, 0.717) is 12.3 Å². The van der Waals surface area contributed by atoms with Crippen molar-refractivity contribution in [3.8, 4) is 5.75 Å². The van der Waals surface area contributed by atoms with Gasteiger partial charge in [0.15, 0.2) is 11.6 Å². The van der Waals surface area contributed by atoms with Gasteiger partial charge in [-0.1, -0.05) is 18.2 Å². The topological polar surface area (TPSA) is 80.6 Å². The van der Waals surface area contributed by atoms with Crippen LogP contribution in [0.25, 0.3) is 0 Å². The second-order valence-electron chi connectivity index (χ2n) is 4.34. The largest absolute Gasteiger partial charge is 0.496 e. The summed E-state index contributed by atoms with van der Waals surface area (Å²) in [5, 5.41) is 5.20. The van der Waals surface area contributed by atoms with Gasteiger partial charge in [-0.3, -0.25) is 14.9 Å². The molecular weight excluding hydrogens is 272 g/mol. The van der Waals surface area contributed by atoms with Crippen LogP contribution in [0.5, 0.6) is 5.75 Å². The highest BCUT2D eigenvalue weighted by Crippen LogP contribution is 2.17. The van der Waals surface area contributed by atoms with Crippen molar-refractivity contribution in [2.75, 3.05) is 12.4 Å². The Labute approximate surface area is 122 Å². The molecule has 2 rings (SSSR count). The van der Waals surface area contributed by atoms with Gasteiger partial charge in [-0.05, 0) is 12.1 Å². The molecule has 0 saturated heterocycles. The standard InChI is InChI=1S/C15H16N2O4/c1-10(18)17-14-8-7-13(21-14)15(19)16-9-11-5-3-4-6-12(11)20-2/h3-8H,9H2,1-2H3,(H,16,19)(H,17,18). The molecule has 21 heavy (non-hydrogen) atoms. The third kappa shape index (κ3) is 3.85. The summed E-state index contributed by atoms with van der Waals surface area (Å²) in [6.45, 7) is 1.68. The zero-order valence-electron chi connectivity index (χ0n) is 11.8. The van der Waals surface area contributed by atoms with Crippen LogP contribution in [0.15, 0.2) is 40.8 Å². The first-order valence-electron chi connectivity index (χ1n) is 6.37. The highest BCUT2D eigenvalue weighted by atomic mass is 16.5. The number of anilines is 1. The molecular formula is C15H16N2O4. The monoisotopic (exact) mass is 288 g/mol. The quantitative estimate of drug-likeness (QED) is 0.883. The van der Waals surface area contributed by atoms with Gasteiger partial charge in [0.25, 0.3) is 5.91 Å². The van der Waals surface area contributed by atoms with E-state index in [9.17, 15) is 9.59 Å². The van der Waals surface area contributed by atoms with Gasteiger partial charge in [0, 0.05) is 25.1 Å². The van der Waals surface area contributed by atoms with E-state index in [1.807, 2.05) is 24.3 Å². The van der Waals surface area contributed by atoms with Gasteiger partial charge in [-0.15, -0.1) is 0 Å². The molecule has 2 aromatic rings. The smallest absolute Gasteiger partial charge is 0.287 e. The van der Waals surface area contributed by atoms with Crippen LogP contribution >= 0.6 is 0 Å². The fourth-order valence-corrected chi connectivity index (χ4v) is 1.81. The van der Waals surface area contributed by atoms with Gasteiger partial charge in [0.05, 0.1) is 7.11 Å². The molecule has 110 valence electrons. The minimum absolute atomic E-state index is 0.133. The first kappa shape index (κ1) is 14.6. The molecule has 6 heteroatoms. The maximum Gasteiger partial charge on any atom is 0.287 e. The van der Waals surface area contributed by atoms with Crippen molar-refractivity contribution < 1.29 is 18.7 Å². The van der Waals surface area contributed by atoms with E-state index in [0.717, 1.165) is 5.56 Å². The number of amides is 2. The van der Waals surface area contributed by atoms with Crippen LogP contribution in [-0.2, 0) is 11.3 Å². The highest BCUT2D eigenvalue weighted by molar-refractivity contribution is 5.93. The molecule has 0 aliphatic heterocycles. The summed E-state index contributed by atoms with van der Waals surface area (Å²) in [7, 11) is 1.58. The van der Waals surface area contributed by atoms with Crippen molar-refractivity contribution >= 4 is 17.7 Å². The fraction of sp³-hybridized carbons (Fsp3) is 0.200. The van der Waals surface area contributed by atoms with Crippen LogP contribution in [0.4, 0.5) is 5.88 Å². The van der Waals surface area contributed by atoms with Crippen LogP contribution in [0.2, 0.25) is 0 Å². The molecule has 6 nitrogen and oxygen atoms in total. The number of hydrogen-bond acceptors (Lipinski definition) is 4. The summed E-state index contributed by atoms with van der Waals surface area (Å²) in [5.74, 6) is 0.456. The molecule has 0 fully saturated rings. The first-order valence-corrected chi connectivity index (χ1v) is 6.37. The van der Waals surface area contributed by atoms with Crippen LogP contribution < -0.4 is 15.4 Å². The van der Waals surface area contributed by atoms with Gasteiger partial charge in [0.2, 0.25) is 5.91 Å². The second-order valence-corrected chi connectivity index (χ2v) is 4.34. The van der Waals surface area contributed by atoms with E-state index >= 15 is 0 Å². The molecule has 1 aromatic carbocycles. The molecule has 2 amide bonds. The predicted molar refractivity (Wildman–Crippen MR) is 77.2 cm³/mol. The first-order chi connectivity index (χ1) is 10.1. The predicted octanol–water partition coefficient (Wildman–Crippen LogP) is 2.18. The molecule has 0 unspecified atom stereocenters. The van der Waals surface area contributed by atoms with Crippen molar-refractivity contribution in [2.24, 2.45) is 0 Å². The molecule has 2 N–H and O–H groups in total. The van der Waals surface area contributed by atoms with Crippen LogP contribution in [0, 0.1) is 0 Å². The van der Waals surface area contributed by atoms with Crippen molar-refractivity contribution in [3.05, 3.63) is 47.7 Å². The van der Waals surface area contributed by atoms with E-state index in [-0.39, 0.29) is 23.5 Å². The van der Waals surface area contributed by atoms with E-state index < -0.39 is 0 Å². The number of benzene rings is 1. The van der Waals surface area contributed by atoms with Crippen molar-refractivity contribution in [1.29, 1.82) is 0 Å². The normalized spacial score (nSPS) is 10.0. The molecule has 1 aromatic heterocycles. The summed E-state index contributed by atoms with van der Waals surface area (Å²) in [6.07, 6.45) is 0. The maximum absolute atomic E-state index is 12.0. The number of hydrogen-bond donors (Lipinski definition) is 2. The summed E-state index contributed by atoms with van der Waals surface area (Å²) < 4.78 is 10.4. The Bertz CT molecular complexity index is 649. The zero-order valence-corrected chi connectivity index (χ0v) is 11.8. The number of carbonyl (C=O) groups excluding carboxylic acids is 2. The van der Waals surface area contributed by atoms with Gasteiger partial charge >= 0.3 is 0 Å². The Balaban J connectivity index is 1.98. The third-order valence-corrected chi connectivity index (χ3v) is 2.76. The Morgan fingerprint density at radius 1 is 1.19 bits per heavy atom. The summed E-state index contributed by atoms with van der Waals surface area (Å²) in [4.78, 5) is 22.8. The molecule has 0 saturated carbocycles. The Hall–Kier alpha value is -2.76. The van der Waals surface area contributed by atoms with Crippen LogP contribution in [0.1, 0.15) is 23.0 Å². The van der Waals surface area contributed by atoms with Crippen molar-refractivity contribution in [3.63, 3.8) is 0 Å². The number of ether oxygens (including phenoxy) is 1. The number of methoxy groups -OCH3 is 1. The molecule has 0 radical (unpaired) electrons. The molecule has 0 atom stereocenters. The molecule has 1 heterocycles. The summed E-state index contributed by atoms with van der Waals surface area (Å²) in [5.41, 5.74) is 0.863. The summed E-state index contributed by atoms with van der Waals surface area (Å²) in [6, 6.07) is 10.4. The third-order valence-electron chi connectivity index (χ3n) is 2.76. The van der Waals surface area contributed by atoms with Gasteiger partial charge < -0.3 is 14.5 Å². The van der Waals surface area contributed by atoms with Gasteiger partial charge in [0.1, 0.15) is 5.75 Å². The van der Waals surface area contributed by atoms with Crippen molar-refractivity contribution in [1.82, 2.24) is 5.32 Å². The molecule has 0 bridgehead atoms. The number of rotatable bonds is 5. The van der Waals surface area contributed by atoms with Crippen molar-refractivity contribution in [2.45, 2.75) is 13.5 Å². The minimum atomic E-state index is -0.363. The van der Waals surface area contributed by atoms with E-state index in [2.05, 4.69) is 10.6 Å². The number of para-hydroxylation sites is 1. The second kappa shape index (κ2) is 6.60. The zero-order chi connectivity index (χ0) is 15.2. The van der Waals surface area contributed by atoms with E-state index in [1.54, 1.807) is 7.11 Å². The van der Waals surface area contributed by atoms with E-state index in [4.69, 9.17) is 9.15 Å². The lowest BCUT2D eigenvalue weighted by atomic mass is 10.2. The molecule has 0 spiro atoms. The Morgan fingerprint density at radius 3 is 2.67 bits per heavy atom. The fourth-order valence-electron chi connectivity index (χ4n) is 1.81. The van der Waals surface area contributed by atoms with Gasteiger partial charge in [-0.25, -0.2) is 0 Å². The van der Waals surface area contributed by atoms with Gasteiger partial charge in [-0.2, -0.15) is 0 Å². The highest BCUT2D eigenvalue weighted by Gasteiger charge is 2.12. The molecule has 0 aliphatic carbocycles. The lowest BCUT2D eigenvalue weighted by Gasteiger charge is -2.08. The average molecular weight is 288 g/mol.